The van der Waals surface area contributed by atoms with E-state index in [1.54, 1.807) is 6.92 Å². The molecule has 0 amide bonds. The third-order valence-electron chi connectivity index (χ3n) is 3.54. The minimum Gasteiger partial charge on any atom is -0.389 e. The summed E-state index contributed by atoms with van der Waals surface area (Å²) in [7, 11) is 0. The van der Waals surface area contributed by atoms with Crippen molar-refractivity contribution in [2.75, 3.05) is 19.7 Å². The van der Waals surface area contributed by atoms with Gasteiger partial charge in [0, 0.05) is 19.5 Å². The van der Waals surface area contributed by atoms with Crippen LogP contribution in [0.15, 0.2) is 4.52 Å². The van der Waals surface area contributed by atoms with Gasteiger partial charge in [-0.25, -0.2) is 0 Å². The second kappa shape index (κ2) is 8.34. The highest BCUT2D eigenvalue weighted by atomic mass is 16.5. The fourth-order valence-corrected chi connectivity index (χ4v) is 2.44. The van der Waals surface area contributed by atoms with E-state index in [1.165, 1.54) is 19.3 Å². The molecule has 114 valence electrons. The molecule has 1 fully saturated rings. The van der Waals surface area contributed by atoms with Crippen LogP contribution in [-0.4, -0.2) is 47.2 Å². The number of hydrogen-bond acceptors (Lipinski definition) is 6. The molecule has 1 heterocycles. The van der Waals surface area contributed by atoms with E-state index < -0.39 is 6.10 Å². The molecule has 20 heavy (non-hydrogen) atoms. The molecular weight excluding hydrogens is 258 g/mol. The molecule has 1 aliphatic rings. The Labute approximate surface area is 119 Å². The molecule has 0 spiro atoms. The molecule has 0 bridgehead atoms. The van der Waals surface area contributed by atoms with Crippen molar-refractivity contribution in [2.45, 2.75) is 57.7 Å². The highest BCUT2D eigenvalue weighted by molar-refractivity contribution is 4.83. The third kappa shape index (κ3) is 5.56. The predicted molar refractivity (Wildman–Crippen MR) is 74.4 cm³/mol. The predicted octanol–water partition coefficient (Wildman–Crippen LogP) is 1.22. The first-order chi connectivity index (χ1) is 9.74. The summed E-state index contributed by atoms with van der Waals surface area (Å²) in [5.41, 5.74) is 0. The van der Waals surface area contributed by atoms with Crippen molar-refractivity contribution < 1.29 is 14.4 Å². The zero-order valence-electron chi connectivity index (χ0n) is 12.2. The molecule has 0 aromatic carbocycles. The van der Waals surface area contributed by atoms with Gasteiger partial charge in [0.2, 0.25) is 5.89 Å². The number of aliphatic hydroxyl groups excluding tert-OH is 1. The van der Waals surface area contributed by atoms with Crippen LogP contribution in [0.3, 0.4) is 0 Å². The van der Waals surface area contributed by atoms with E-state index >= 15 is 0 Å². The Bertz CT molecular complexity index is 377. The summed E-state index contributed by atoms with van der Waals surface area (Å²) in [4.78, 5) is 4.12. The average molecular weight is 283 g/mol. The van der Waals surface area contributed by atoms with Crippen molar-refractivity contribution in [3.05, 3.63) is 11.7 Å². The van der Waals surface area contributed by atoms with Gasteiger partial charge in [0.25, 0.3) is 0 Å². The van der Waals surface area contributed by atoms with Crippen molar-refractivity contribution >= 4 is 0 Å². The standard InChI is InChI=1S/C14H25N3O3/c1-11-16-14(20-17-11)7-8-15-9-12(18)10-19-13-5-3-2-4-6-13/h12-13,15,18H,2-10H2,1H3. The zero-order chi connectivity index (χ0) is 14.2. The van der Waals surface area contributed by atoms with Crippen molar-refractivity contribution in [3.63, 3.8) is 0 Å². The van der Waals surface area contributed by atoms with Crippen molar-refractivity contribution in [3.8, 4) is 0 Å². The molecule has 0 aliphatic heterocycles. The molecule has 2 N–H and O–H groups in total. The lowest BCUT2D eigenvalue weighted by Crippen LogP contribution is -2.33. The first kappa shape index (κ1) is 15.4. The Morgan fingerprint density at radius 3 is 2.90 bits per heavy atom. The van der Waals surface area contributed by atoms with Crippen LogP contribution in [0.2, 0.25) is 0 Å². The molecular formula is C14H25N3O3. The summed E-state index contributed by atoms with van der Waals surface area (Å²) >= 11 is 0. The number of rotatable bonds is 8. The summed E-state index contributed by atoms with van der Waals surface area (Å²) in [6.07, 6.45) is 6.66. The Hall–Kier alpha value is -0.980. The van der Waals surface area contributed by atoms with Crippen molar-refractivity contribution in [1.82, 2.24) is 15.5 Å². The fourth-order valence-electron chi connectivity index (χ4n) is 2.44. The van der Waals surface area contributed by atoms with Gasteiger partial charge >= 0.3 is 0 Å². The van der Waals surface area contributed by atoms with E-state index in [-0.39, 0.29) is 0 Å². The molecule has 1 atom stereocenters. The van der Waals surface area contributed by atoms with Gasteiger partial charge in [-0.3, -0.25) is 0 Å². The largest absolute Gasteiger partial charge is 0.389 e. The highest BCUT2D eigenvalue weighted by Gasteiger charge is 2.15. The van der Waals surface area contributed by atoms with E-state index in [9.17, 15) is 5.11 Å². The van der Waals surface area contributed by atoms with E-state index in [1.807, 2.05) is 0 Å². The quantitative estimate of drug-likeness (QED) is 0.698. The second-order valence-corrected chi connectivity index (χ2v) is 5.44. The zero-order valence-corrected chi connectivity index (χ0v) is 12.2. The van der Waals surface area contributed by atoms with Gasteiger partial charge in [-0.2, -0.15) is 4.98 Å². The number of aliphatic hydroxyl groups is 1. The van der Waals surface area contributed by atoms with Gasteiger partial charge in [0.1, 0.15) is 0 Å². The van der Waals surface area contributed by atoms with Crippen molar-refractivity contribution in [2.24, 2.45) is 0 Å². The summed E-state index contributed by atoms with van der Waals surface area (Å²) in [5.74, 6) is 1.28. The highest BCUT2D eigenvalue weighted by Crippen LogP contribution is 2.20. The number of hydrogen-bond donors (Lipinski definition) is 2. The summed E-state index contributed by atoms with van der Waals surface area (Å²) in [6, 6.07) is 0. The van der Waals surface area contributed by atoms with Gasteiger partial charge in [-0.05, 0) is 19.8 Å². The minimum atomic E-state index is -0.457. The Balaban J connectivity index is 1.50. The van der Waals surface area contributed by atoms with E-state index in [4.69, 9.17) is 9.26 Å². The Kier molecular flexibility index (Phi) is 6.42. The lowest BCUT2D eigenvalue weighted by Gasteiger charge is -2.23. The monoisotopic (exact) mass is 283 g/mol. The number of nitrogens with one attached hydrogen (secondary N) is 1. The molecule has 6 heteroatoms. The van der Waals surface area contributed by atoms with Gasteiger partial charge < -0.3 is 19.7 Å². The van der Waals surface area contributed by atoms with Crippen LogP contribution in [0.4, 0.5) is 0 Å². The van der Waals surface area contributed by atoms with Gasteiger partial charge in [-0.15, -0.1) is 0 Å². The summed E-state index contributed by atoms with van der Waals surface area (Å²) < 4.78 is 10.7. The Morgan fingerprint density at radius 2 is 2.20 bits per heavy atom. The normalized spacial score (nSPS) is 18.3. The smallest absolute Gasteiger partial charge is 0.227 e. The molecule has 1 aromatic heterocycles. The van der Waals surface area contributed by atoms with Crippen LogP contribution in [0.1, 0.15) is 43.8 Å². The number of aromatic nitrogens is 2. The lowest BCUT2D eigenvalue weighted by molar-refractivity contribution is -0.0229. The number of aryl methyl sites for hydroxylation is 1. The molecule has 1 unspecified atom stereocenters. The van der Waals surface area contributed by atoms with Crippen molar-refractivity contribution in [1.29, 1.82) is 0 Å². The lowest BCUT2D eigenvalue weighted by atomic mass is 9.98. The average Bonchev–Trinajstić information content (AvgIpc) is 2.88. The van der Waals surface area contributed by atoms with Gasteiger partial charge in [0.05, 0.1) is 18.8 Å². The van der Waals surface area contributed by atoms with Crippen LogP contribution >= 0.6 is 0 Å². The van der Waals surface area contributed by atoms with Crippen LogP contribution < -0.4 is 5.32 Å². The third-order valence-corrected chi connectivity index (χ3v) is 3.54. The van der Waals surface area contributed by atoms with Gasteiger partial charge in [0.15, 0.2) is 5.82 Å². The fraction of sp³-hybridized carbons (Fsp3) is 0.857. The molecule has 1 aromatic rings. The van der Waals surface area contributed by atoms with E-state index in [2.05, 4.69) is 15.5 Å². The molecule has 1 aliphatic carbocycles. The molecule has 6 nitrogen and oxygen atoms in total. The molecule has 0 radical (unpaired) electrons. The topological polar surface area (TPSA) is 80.4 Å². The van der Waals surface area contributed by atoms with Crippen LogP contribution in [0.25, 0.3) is 0 Å². The van der Waals surface area contributed by atoms with Crippen LogP contribution in [0.5, 0.6) is 0 Å². The number of ether oxygens (including phenoxy) is 1. The van der Waals surface area contributed by atoms with Crippen LogP contribution in [0, 0.1) is 6.92 Å². The molecule has 2 rings (SSSR count). The molecule has 0 saturated heterocycles. The summed E-state index contributed by atoms with van der Waals surface area (Å²) in [5, 5.41) is 16.7. The van der Waals surface area contributed by atoms with Gasteiger partial charge in [-0.1, -0.05) is 24.4 Å². The number of nitrogens with zero attached hydrogens (tertiary/aromatic N) is 2. The maximum Gasteiger partial charge on any atom is 0.227 e. The van der Waals surface area contributed by atoms with Crippen LogP contribution in [-0.2, 0) is 11.2 Å². The first-order valence-corrected chi connectivity index (χ1v) is 7.53. The maximum absolute atomic E-state index is 9.84. The molecule has 1 saturated carbocycles. The minimum absolute atomic E-state index is 0.347. The van der Waals surface area contributed by atoms with E-state index in [0.29, 0.717) is 43.9 Å². The Morgan fingerprint density at radius 1 is 1.40 bits per heavy atom. The summed E-state index contributed by atoms with van der Waals surface area (Å²) in [6.45, 7) is 3.45. The first-order valence-electron chi connectivity index (χ1n) is 7.53. The SMILES string of the molecule is Cc1noc(CCNCC(O)COC2CCCCC2)n1. The second-order valence-electron chi connectivity index (χ2n) is 5.44. The maximum atomic E-state index is 9.84. The van der Waals surface area contributed by atoms with E-state index in [0.717, 1.165) is 12.8 Å².